The van der Waals surface area contributed by atoms with Crippen LogP contribution in [0.15, 0.2) is 31.1 Å². The Morgan fingerprint density at radius 1 is 1.19 bits per heavy atom. The van der Waals surface area contributed by atoms with Gasteiger partial charge in [-0.1, -0.05) is 0 Å². The number of hydrogen-bond acceptors (Lipinski definition) is 3. The third-order valence-electron chi connectivity index (χ3n) is 2.54. The van der Waals surface area contributed by atoms with Crippen molar-refractivity contribution in [1.29, 1.82) is 0 Å². The summed E-state index contributed by atoms with van der Waals surface area (Å²) in [5.41, 5.74) is 5.53. The van der Waals surface area contributed by atoms with Crippen LogP contribution in [0, 0.1) is 0 Å². The average Bonchev–Trinajstić information content (AvgIpc) is 2.91. The molecule has 0 aliphatic rings. The SMILES string of the molecule is NCCc1nccn1CCCn1ccnc1. The van der Waals surface area contributed by atoms with Crippen LogP contribution in [-0.2, 0) is 19.5 Å². The zero-order valence-electron chi connectivity index (χ0n) is 9.29. The topological polar surface area (TPSA) is 61.7 Å². The molecule has 0 atom stereocenters. The Labute approximate surface area is 94.9 Å². The highest BCUT2D eigenvalue weighted by Crippen LogP contribution is 2.01. The summed E-state index contributed by atoms with van der Waals surface area (Å²) in [6.07, 6.45) is 11.4. The summed E-state index contributed by atoms with van der Waals surface area (Å²) in [5.74, 6) is 1.08. The van der Waals surface area contributed by atoms with E-state index in [1.807, 2.05) is 24.9 Å². The van der Waals surface area contributed by atoms with Crippen LogP contribution in [-0.4, -0.2) is 25.6 Å². The van der Waals surface area contributed by atoms with Gasteiger partial charge in [0.15, 0.2) is 0 Å². The van der Waals surface area contributed by atoms with E-state index < -0.39 is 0 Å². The van der Waals surface area contributed by atoms with Crippen molar-refractivity contribution in [2.45, 2.75) is 25.9 Å². The van der Waals surface area contributed by atoms with Crippen LogP contribution in [0.1, 0.15) is 12.2 Å². The number of aryl methyl sites for hydroxylation is 2. The lowest BCUT2D eigenvalue weighted by Crippen LogP contribution is -2.11. The molecule has 0 saturated heterocycles. The molecule has 0 aliphatic heterocycles. The number of imidazole rings is 2. The smallest absolute Gasteiger partial charge is 0.109 e. The first-order valence-electron chi connectivity index (χ1n) is 5.56. The second kappa shape index (κ2) is 5.46. The predicted molar refractivity (Wildman–Crippen MR) is 61.8 cm³/mol. The lowest BCUT2D eigenvalue weighted by Gasteiger charge is -2.07. The first-order valence-corrected chi connectivity index (χ1v) is 5.56. The van der Waals surface area contributed by atoms with Crippen LogP contribution in [0.5, 0.6) is 0 Å². The van der Waals surface area contributed by atoms with E-state index in [0.717, 1.165) is 31.8 Å². The van der Waals surface area contributed by atoms with Gasteiger partial charge in [-0.2, -0.15) is 0 Å². The lowest BCUT2D eigenvalue weighted by atomic mass is 10.3. The molecule has 0 amide bonds. The minimum Gasteiger partial charge on any atom is -0.337 e. The highest BCUT2D eigenvalue weighted by Gasteiger charge is 2.00. The summed E-state index contributed by atoms with van der Waals surface area (Å²) < 4.78 is 4.25. The summed E-state index contributed by atoms with van der Waals surface area (Å²) in [6.45, 7) is 2.62. The predicted octanol–water partition coefficient (Wildman–Crippen LogP) is 0.671. The third-order valence-corrected chi connectivity index (χ3v) is 2.54. The van der Waals surface area contributed by atoms with Crippen LogP contribution in [0.2, 0.25) is 0 Å². The molecule has 86 valence electrons. The maximum absolute atomic E-state index is 5.53. The molecule has 2 aromatic rings. The van der Waals surface area contributed by atoms with Gasteiger partial charge in [0.2, 0.25) is 0 Å². The molecule has 0 radical (unpaired) electrons. The molecule has 0 aromatic carbocycles. The normalized spacial score (nSPS) is 10.8. The molecule has 2 heterocycles. The Morgan fingerprint density at radius 2 is 2.12 bits per heavy atom. The largest absolute Gasteiger partial charge is 0.337 e. The maximum Gasteiger partial charge on any atom is 0.109 e. The van der Waals surface area contributed by atoms with Crippen LogP contribution in [0.3, 0.4) is 0 Å². The molecule has 5 heteroatoms. The zero-order valence-corrected chi connectivity index (χ0v) is 9.29. The van der Waals surface area contributed by atoms with Crippen LogP contribution >= 0.6 is 0 Å². The fourth-order valence-corrected chi connectivity index (χ4v) is 1.74. The van der Waals surface area contributed by atoms with E-state index in [1.165, 1.54) is 0 Å². The van der Waals surface area contributed by atoms with Crippen LogP contribution in [0.25, 0.3) is 0 Å². The van der Waals surface area contributed by atoms with Gasteiger partial charge in [-0.05, 0) is 13.0 Å². The Bertz CT molecular complexity index is 404. The van der Waals surface area contributed by atoms with Crippen molar-refractivity contribution < 1.29 is 0 Å². The van der Waals surface area contributed by atoms with Crippen LogP contribution < -0.4 is 5.73 Å². The Hall–Kier alpha value is -1.62. The molecule has 16 heavy (non-hydrogen) atoms. The molecule has 0 bridgehead atoms. The monoisotopic (exact) mass is 219 g/mol. The van der Waals surface area contributed by atoms with Gasteiger partial charge in [0.25, 0.3) is 0 Å². The molecule has 0 aliphatic carbocycles. The Kier molecular flexibility index (Phi) is 3.71. The molecule has 2 aromatic heterocycles. The van der Waals surface area contributed by atoms with Gasteiger partial charge in [0, 0.05) is 44.3 Å². The Morgan fingerprint density at radius 3 is 2.88 bits per heavy atom. The summed E-state index contributed by atoms with van der Waals surface area (Å²) in [5, 5.41) is 0. The van der Waals surface area contributed by atoms with E-state index in [1.54, 1.807) is 6.20 Å². The van der Waals surface area contributed by atoms with Crippen molar-refractivity contribution in [3.8, 4) is 0 Å². The lowest BCUT2D eigenvalue weighted by molar-refractivity contribution is 0.547. The summed E-state index contributed by atoms with van der Waals surface area (Å²) in [7, 11) is 0. The van der Waals surface area contributed by atoms with Crippen molar-refractivity contribution in [2.75, 3.05) is 6.54 Å². The minimum atomic E-state index is 0.651. The van der Waals surface area contributed by atoms with Gasteiger partial charge >= 0.3 is 0 Å². The van der Waals surface area contributed by atoms with Crippen molar-refractivity contribution in [2.24, 2.45) is 5.73 Å². The minimum absolute atomic E-state index is 0.651. The molecule has 5 nitrogen and oxygen atoms in total. The number of aromatic nitrogens is 4. The zero-order chi connectivity index (χ0) is 11.2. The van der Waals surface area contributed by atoms with Gasteiger partial charge < -0.3 is 14.9 Å². The van der Waals surface area contributed by atoms with E-state index in [4.69, 9.17) is 5.73 Å². The highest BCUT2D eigenvalue weighted by molar-refractivity contribution is 4.92. The maximum atomic E-state index is 5.53. The first-order chi connectivity index (χ1) is 7.90. The molecule has 0 spiro atoms. The standard InChI is InChI=1S/C11H17N5/c12-3-2-11-14-5-9-16(11)7-1-6-15-8-4-13-10-15/h4-5,8-10H,1-3,6-7,12H2. The number of rotatable bonds is 6. The van der Waals surface area contributed by atoms with Crippen molar-refractivity contribution in [3.63, 3.8) is 0 Å². The average molecular weight is 219 g/mol. The second-order valence-electron chi connectivity index (χ2n) is 3.73. The van der Waals surface area contributed by atoms with Crippen molar-refractivity contribution in [3.05, 3.63) is 36.9 Å². The van der Waals surface area contributed by atoms with Gasteiger partial charge in [-0.3, -0.25) is 0 Å². The Balaban J connectivity index is 1.82. The molecular weight excluding hydrogens is 202 g/mol. The molecule has 0 fully saturated rings. The molecular formula is C11H17N5. The quantitative estimate of drug-likeness (QED) is 0.776. The van der Waals surface area contributed by atoms with Crippen molar-refractivity contribution in [1.82, 2.24) is 19.1 Å². The summed E-state index contributed by atoms with van der Waals surface area (Å²) >= 11 is 0. The first kappa shape index (κ1) is 10.9. The van der Waals surface area contributed by atoms with Gasteiger partial charge in [0.1, 0.15) is 5.82 Å². The molecule has 0 unspecified atom stereocenters. The molecule has 0 saturated carbocycles. The second-order valence-corrected chi connectivity index (χ2v) is 3.73. The fourth-order valence-electron chi connectivity index (χ4n) is 1.74. The highest BCUT2D eigenvalue weighted by atomic mass is 15.1. The van der Waals surface area contributed by atoms with E-state index in [0.29, 0.717) is 6.54 Å². The van der Waals surface area contributed by atoms with Gasteiger partial charge in [-0.25, -0.2) is 9.97 Å². The van der Waals surface area contributed by atoms with Gasteiger partial charge in [-0.15, -0.1) is 0 Å². The third kappa shape index (κ3) is 2.70. The van der Waals surface area contributed by atoms with E-state index in [-0.39, 0.29) is 0 Å². The number of hydrogen-bond donors (Lipinski definition) is 1. The van der Waals surface area contributed by atoms with Crippen molar-refractivity contribution >= 4 is 0 Å². The fraction of sp³-hybridized carbons (Fsp3) is 0.455. The van der Waals surface area contributed by atoms with E-state index in [2.05, 4.69) is 19.1 Å². The van der Waals surface area contributed by atoms with Gasteiger partial charge in [0.05, 0.1) is 6.33 Å². The van der Waals surface area contributed by atoms with E-state index >= 15 is 0 Å². The summed E-state index contributed by atoms with van der Waals surface area (Å²) in [6, 6.07) is 0. The molecule has 2 N–H and O–H groups in total. The van der Waals surface area contributed by atoms with Crippen LogP contribution in [0.4, 0.5) is 0 Å². The molecule has 2 rings (SSSR count). The number of nitrogens with two attached hydrogens (primary N) is 1. The van der Waals surface area contributed by atoms with E-state index in [9.17, 15) is 0 Å². The summed E-state index contributed by atoms with van der Waals surface area (Å²) in [4.78, 5) is 8.30. The number of nitrogens with zero attached hydrogens (tertiary/aromatic N) is 4.